The molecule has 0 N–H and O–H groups in total. The Bertz CT molecular complexity index is 2830. The van der Waals surface area contributed by atoms with E-state index >= 15 is 0 Å². The molecule has 0 fully saturated rings. The van der Waals surface area contributed by atoms with Crippen LogP contribution in [-0.2, 0) is 5.41 Å². The Kier molecular flexibility index (Phi) is 6.46. The lowest BCUT2D eigenvalue weighted by Crippen LogP contribution is -2.28. The Labute approximate surface area is 295 Å². The number of benzene rings is 7. The molecule has 0 atom stereocenters. The molecule has 3 nitrogen and oxygen atoms in total. The lowest BCUT2D eigenvalue weighted by molar-refractivity contribution is 0.768. The van der Waals surface area contributed by atoms with E-state index in [0.717, 1.165) is 66.1 Å². The molecule has 0 bridgehead atoms. The minimum atomic E-state index is -0.581. The fourth-order valence-corrected chi connectivity index (χ4v) is 8.24. The minimum absolute atomic E-state index is 0.581. The Morgan fingerprint density at radius 1 is 0.451 bits per heavy atom. The molecule has 1 aliphatic carbocycles. The molecule has 1 aliphatic rings. The predicted octanol–water partition coefficient (Wildman–Crippen LogP) is 11.5. The van der Waals surface area contributed by atoms with Gasteiger partial charge in [0, 0.05) is 22.4 Å². The number of fused-ring (bicyclic) bond motifs is 7. The molecule has 0 saturated carbocycles. The van der Waals surface area contributed by atoms with Crippen LogP contribution < -0.4 is 0 Å². The molecule has 0 aliphatic heterocycles. The number of rotatable bonds is 4. The Morgan fingerprint density at radius 2 is 1.10 bits per heavy atom. The van der Waals surface area contributed by atoms with Crippen molar-refractivity contribution in [3.63, 3.8) is 0 Å². The summed E-state index contributed by atoms with van der Waals surface area (Å²) in [5.74, 6) is 0. The van der Waals surface area contributed by atoms with Gasteiger partial charge in [0.2, 0.25) is 0 Å². The van der Waals surface area contributed by atoms with E-state index in [4.69, 9.17) is 4.98 Å². The highest BCUT2D eigenvalue weighted by Gasteiger charge is 2.46. The number of nitriles is 1. The average Bonchev–Trinajstić information content (AvgIpc) is 3.50. The average molecular weight is 648 g/mol. The zero-order valence-corrected chi connectivity index (χ0v) is 27.6. The minimum Gasteiger partial charge on any atom is -0.254 e. The highest BCUT2D eigenvalue weighted by molar-refractivity contribution is 6.06. The molecule has 2 heterocycles. The van der Waals surface area contributed by atoms with Gasteiger partial charge in [-0.1, -0.05) is 121 Å². The smallest absolute Gasteiger partial charge is 0.0991 e. The predicted molar refractivity (Wildman–Crippen MR) is 207 cm³/mol. The van der Waals surface area contributed by atoms with Crippen molar-refractivity contribution in [2.45, 2.75) is 5.41 Å². The quantitative estimate of drug-likeness (QED) is 0.141. The molecule has 2 aromatic heterocycles. The SMILES string of the molecule is N#Cc1ccc2c(c1)C(c1ccccc1)(c1ccccc1)c1cc(-c3cccc(-c4ccc5nc6c(ccc7cccnc76)cc5c4)c3)ccc1-2. The summed E-state index contributed by atoms with van der Waals surface area (Å²) in [5, 5.41) is 13.3. The van der Waals surface area contributed by atoms with Crippen LogP contribution in [0.15, 0.2) is 176 Å². The maximum Gasteiger partial charge on any atom is 0.0991 e. The molecule has 0 radical (unpaired) electrons. The summed E-state index contributed by atoms with van der Waals surface area (Å²) >= 11 is 0. The summed E-state index contributed by atoms with van der Waals surface area (Å²) in [5.41, 5.74) is 14.6. The number of hydrogen-bond donors (Lipinski definition) is 0. The first-order valence-electron chi connectivity index (χ1n) is 17.2. The maximum atomic E-state index is 10.00. The van der Waals surface area contributed by atoms with E-state index in [-0.39, 0.29) is 0 Å². The summed E-state index contributed by atoms with van der Waals surface area (Å²) < 4.78 is 0. The molecular formula is C48H29N3. The Morgan fingerprint density at radius 3 is 1.84 bits per heavy atom. The second kappa shape index (κ2) is 11.3. The van der Waals surface area contributed by atoms with E-state index < -0.39 is 5.41 Å². The van der Waals surface area contributed by atoms with Crippen LogP contribution in [0.3, 0.4) is 0 Å². The summed E-state index contributed by atoms with van der Waals surface area (Å²) in [4.78, 5) is 9.68. The van der Waals surface area contributed by atoms with Crippen molar-refractivity contribution in [2.24, 2.45) is 0 Å². The van der Waals surface area contributed by atoms with Crippen LogP contribution in [0, 0.1) is 11.3 Å². The molecule has 0 saturated heterocycles. The van der Waals surface area contributed by atoms with Crippen molar-refractivity contribution >= 4 is 32.7 Å². The molecule has 236 valence electrons. The van der Waals surface area contributed by atoms with Gasteiger partial charge in [-0.3, -0.25) is 4.98 Å². The number of hydrogen-bond acceptors (Lipinski definition) is 3. The second-order valence-corrected chi connectivity index (χ2v) is 13.3. The third kappa shape index (κ3) is 4.44. The summed E-state index contributed by atoms with van der Waals surface area (Å²) in [6.07, 6.45) is 1.83. The van der Waals surface area contributed by atoms with Crippen LogP contribution in [0.2, 0.25) is 0 Å². The normalized spacial score (nSPS) is 12.8. The number of aromatic nitrogens is 2. The number of pyridine rings is 2. The van der Waals surface area contributed by atoms with E-state index in [9.17, 15) is 5.26 Å². The fourth-order valence-electron chi connectivity index (χ4n) is 8.24. The van der Waals surface area contributed by atoms with Crippen molar-refractivity contribution in [2.75, 3.05) is 0 Å². The van der Waals surface area contributed by atoms with Crippen molar-refractivity contribution in [1.29, 1.82) is 5.26 Å². The van der Waals surface area contributed by atoms with Gasteiger partial charge in [-0.15, -0.1) is 0 Å². The lowest BCUT2D eigenvalue weighted by atomic mass is 9.67. The van der Waals surface area contributed by atoms with E-state index in [1.54, 1.807) is 0 Å². The van der Waals surface area contributed by atoms with E-state index in [1.807, 2.05) is 18.3 Å². The zero-order valence-electron chi connectivity index (χ0n) is 27.6. The molecular weight excluding hydrogens is 619 g/mol. The molecule has 9 aromatic rings. The first-order chi connectivity index (χ1) is 25.2. The molecule has 7 aromatic carbocycles. The van der Waals surface area contributed by atoms with Gasteiger partial charge in [-0.2, -0.15) is 5.26 Å². The third-order valence-corrected chi connectivity index (χ3v) is 10.6. The zero-order chi connectivity index (χ0) is 33.9. The van der Waals surface area contributed by atoms with Gasteiger partial charge in [0.25, 0.3) is 0 Å². The molecule has 10 rings (SSSR count). The summed E-state index contributed by atoms with van der Waals surface area (Å²) in [7, 11) is 0. The van der Waals surface area contributed by atoms with Gasteiger partial charge >= 0.3 is 0 Å². The molecule has 51 heavy (non-hydrogen) atoms. The topological polar surface area (TPSA) is 49.6 Å². The van der Waals surface area contributed by atoms with Crippen molar-refractivity contribution in [1.82, 2.24) is 9.97 Å². The first kappa shape index (κ1) is 29.1. The van der Waals surface area contributed by atoms with Gasteiger partial charge in [0.15, 0.2) is 0 Å². The van der Waals surface area contributed by atoms with E-state index in [0.29, 0.717) is 5.56 Å². The first-order valence-corrected chi connectivity index (χ1v) is 17.2. The highest BCUT2D eigenvalue weighted by Crippen LogP contribution is 2.57. The molecule has 0 unspecified atom stereocenters. The monoisotopic (exact) mass is 647 g/mol. The van der Waals surface area contributed by atoms with Crippen molar-refractivity contribution < 1.29 is 0 Å². The summed E-state index contributed by atoms with van der Waals surface area (Å²) in [6.45, 7) is 0. The Hall–Kier alpha value is -6.89. The third-order valence-electron chi connectivity index (χ3n) is 10.6. The van der Waals surface area contributed by atoms with E-state index in [2.05, 4.69) is 169 Å². The second-order valence-electron chi connectivity index (χ2n) is 13.3. The lowest BCUT2D eigenvalue weighted by Gasteiger charge is -2.34. The van der Waals surface area contributed by atoms with Crippen LogP contribution in [0.1, 0.15) is 27.8 Å². The van der Waals surface area contributed by atoms with Gasteiger partial charge in [0.1, 0.15) is 0 Å². The molecule has 3 heteroatoms. The summed E-state index contributed by atoms with van der Waals surface area (Å²) in [6, 6.07) is 62.7. The highest BCUT2D eigenvalue weighted by atomic mass is 14.7. The van der Waals surface area contributed by atoms with Gasteiger partial charge in [0.05, 0.1) is 33.6 Å². The van der Waals surface area contributed by atoms with Gasteiger partial charge in [-0.05, 0) is 104 Å². The molecule has 0 spiro atoms. The van der Waals surface area contributed by atoms with Crippen molar-refractivity contribution in [3.05, 3.63) is 204 Å². The van der Waals surface area contributed by atoms with Crippen molar-refractivity contribution in [3.8, 4) is 39.4 Å². The van der Waals surface area contributed by atoms with E-state index in [1.165, 1.54) is 22.3 Å². The Balaban J connectivity index is 1.13. The van der Waals surface area contributed by atoms with Crippen LogP contribution in [0.4, 0.5) is 0 Å². The van der Waals surface area contributed by atoms with Crippen LogP contribution in [0.5, 0.6) is 0 Å². The van der Waals surface area contributed by atoms with Gasteiger partial charge < -0.3 is 0 Å². The maximum absolute atomic E-state index is 10.00. The van der Waals surface area contributed by atoms with Gasteiger partial charge in [-0.25, -0.2) is 4.98 Å². The number of nitrogens with zero attached hydrogens (tertiary/aromatic N) is 3. The molecule has 0 amide bonds. The van der Waals surface area contributed by atoms with Crippen LogP contribution in [0.25, 0.3) is 66.1 Å². The largest absolute Gasteiger partial charge is 0.254 e. The van der Waals surface area contributed by atoms with Crippen LogP contribution in [-0.4, -0.2) is 9.97 Å². The fraction of sp³-hybridized carbons (Fsp3) is 0.0208. The van der Waals surface area contributed by atoms with Crippen LogP contribution >= 0.6 is 0 Å². The standard InChI is InChI=1S/C48H29N3/c49-30-31-16-21-41-42-22-19-36(29-44(42)48(43(41)25-31,39-12-3-1-4-13-39)40-14-5-2-6-15-40)34-10-7-9-33(26-34)35-20-23-45-38(27-35)28-37-18-17-32-11-8-24-50-46(32)47(37)51-45/h1-29H.